The van der Waals surface area contributed by atoms with E-state index in [1.54, 1.807) is 7.11 Å². The molecule has 0 amide bonds. The number of rotatable bonds is 6. The number of hydrogen-bond donors (Lipinski definition) is 2. The molecular formula is C18H22N2O. The van der Waals surface area contributed by atoms with Crippen molar-refractivity contribution in [3.63, 3.8) is 0 Å². The molecule has 2 aromatic rings. The molecule has 110 valence electrons. The molecule has 0 spiro atoms. The first-order valence-electron chi connectivity index (χ1n) is 7.08. The van der Waals surface area contributed by atoms with Crippen molar-refractivity contribution in [2.24, 2.45) is 0 Å². The summed E-state index contributed by atoms with van der Waals surface area (Å²) in [6, 6.07) is 12.6. The minimum absolute atomic E-state index is 0.697. The Morgan fingerprint density at radius 1 is 1.14 bits per heavy atom. The summed E-state index contributed by atoms with van der Waals surface area (Å²) in [6.45, 7) is 4.96. The number of hydrogen-bond acceptors (Lipinski definition) is 2. The molecule has 0 bridgehead atoms. The molecule has 21 heavy (non-hydrogen) atoms. The fraction of sp³-hybridized carbons (Fsp3) is 0.278. The first-order valence-corrected chi connectivity index (χ1v) is 7.08. The van der Waals surface area contributed by atoms with Crippen LogP contribution >= 0.6 is 0 Å². The molecule has 3 nitrogen and oxygen atoms in total. The minimum atomic E-state index is 0.697. The molecule has 0 saturated heterocycles. The van der Waals surface area contributed by atoms with Crippen LogP contribution in [0.5, 0.6) is 5.75 Å². The highest BCUT2D eigenvalue weighted by Gasteiger charge is 2.07. The van der Waals surface area contributed by atoms with E-state index in [4.69, 9.17) is 10.1 Å². The summed E-state index contributed by atoms with van der Waals surface area (Å²) in [6.07, 6.45) is 2.13. The molecule has 0 aliphatic heterocycles. The summed E-state index contributed by atoms with van der Waals surface area (Å²) >= 11 is 0. The van der Waals surface area contributed by atoms with E-state index in [1.807, 2.05) is 12.1 Å². The van der Waals surface area contributed by atoms with E-state index >= 15 is 0 Å². The minimum Gasteiger partial charge on any atom is -0.497 e. The Labute approximate surface area is 126 Å². The van der Waals surface area contributed by atoms with E-state index in [0.717, 1.165) is 12.2 Å². The van der Waals surface area contributed by atoms with Crippen LogP contribution < -0.4 is 10.1 Å². The molecule has 0 saturated carbocycles. The molecule has 0 heterocycles. The molecule has 0 aliphatic carbocycles. The highest BCUT2D eigenvalue weighted by Crippen LogP contribution is 2.22. The highest BCUT2D eigenvalue weighted by atomic mass is 16.5. The number of ether oxygens (including phenoxy) is 1. The normalized spacial score (nSPS) is 10.2. The highest BCUT2D eigenvalue weighted by molar-refractivity contribution is 5.51. The van der Waals surface area contributed by atoms with E-state index in [0.29, 0.717) is 6.54 Å². The molecule has 0 aromatic heterocycles. The van der Waals surface area contributed by atoms with Gasteiger partial charge in [-0.1, -0.05) is 29.8 Å². The third kappa shape index (κ3) is 3.85. The van der Waals surface area contributed by atoms with Crippen LogP contribution in [0.25, 0.3) is 0 Å². The third-order valence-corrected chi connectivity index (χ3v) is 3.69. The Bertz CT molecular complexity index is 635. The molecule has 3 heteroatoms. The van der Waals surface area contributed by atoms with Crippen molar-refractivity contribution in [2.45, 2.75) is 26.8 Å². The van der Waals surface area contributed by atoms with Gasteiger partial charge in [0.15, 0.2) is 0 Å². The lowest BCUT2D eigenvalue weighted by Crippen LogP contribution is -2.11. The van der Waals surface area contributed by atoms with E-state index < -0.39 is 0 Å². The average molecular weight is 282 g/mol. The Morgan fingerprint density at radius 3 is 2.62 bits per heavy atom. The summed E-state index contributed by atoms with van der Waals surface area (Å²) in [5, 5.41) is 10.1. The third-order valence-electron chi connectivity index (χ3n) is 3.69. The number of aryl methyl sites for hydroxylation is 1. The van der Waals surface area contributed by atoms with Gasteiger partial charge in [0.25, 0.3) is 0 Å². The van der Waals surface area contributed by atoms with Gasteiger partial charge in [0.1, 0.15) is 5.75 Å². The summed E-state index contributed by atoms with van der Waals surface area (Å²) in [5.74, 6) is 0.892. The largest absolute Gasteiger partial charge is 0.497 e. The van der Waals surface area contributed by atoms with Crippen molar-refractivity contribution in [2.75, 3.05) is 7.11 Å². The van der Waals surface area contributed by atoms with Crippen molar-refractivity contribution in [3.8, 4) is 5.75 Å². The molecule has 2 aromatic carbocycles. The van der Waals surface area contributed by atoms with Crippen molar-refractivity contribution < 1.29 is 4.74 Å². The maximum Gasteiger partial charge on any atom is 0.119 e. The summed E-state index contributed by atoms with van der Waals surface area (Å²) in [4.78, 5) is 0. The predicted octanol–water partition coefficient (Wildman–Crippen LogP) is 3.60. The average Bonchev–Trinajstić information content (AvgIpc) is 2.49. The van der Waals surface area contributed by atoms with Gasteiger partial charge in [-0.3, -0.25) is 5.41 Å². The van der Waals surface area contributed by atoms with Gasteiger partial charge in [0.2, 0.25) is 0 Å². The van der Waals surface area contributed by atoms with E-state index in [2.05, 4.69) is 43.4 Å². The van der Waals surface area contributed by atoms with Crippen LogP contribution in [0.2, 0.25) is 0 Å². The zero-order valence-electron chi connectivity index (χ0n) is 12.9. The van der Waals surface area contributed by atoms with Gasteiger partial charge in [-0.15, -0.1) is 0 Å². The lowest BCUT2D eigenvalue weighted by molar-refractivity contribution is 0.414. The van der Waals surface area contributed by atoms with Crippen molar-refractivity contribution in [1.82, 2.24) is 5.32 Å². The van der Waals surface area contributed by atoms with Crippen LogP contribution in [-0.2, 0) is 13.0 Å². The van der Waals surface area contributed by atoms with Gasteiger partial charge >= 0.3 is 0 Å². The zero-order chi connectivity index (χ0) is 15.2. The van der Waals surface area contributed by atoms with Crippen LogP contribution in [0, 0.1) is 19.3 Å². The second kappa shape index (κ2) is 6.93. The topological polar surface area (TPSA) is 45.1 Å². The molecule has 0 fully saturated rings. The molecule has 0 unspecified atom stereocenters. The lowest BCUT2D eigenvalue weighted by Gasteiger charge is -2.14. The monoisotopic (exact) mass is 282 g/mol. The predicted molar refractivity (Wildman–Crippen MR) is 87.3 cm³/mol. The summed E-state index contributed by atoms with van der Waals surface area (Å²) in [7, 11) is 1.69. The SMILES string of the molecule is COc1cccc(Cc2cc(C)cc(CNC=N)c2C)c1. The van der Waals surface area contributed by atoms with Crippen molar-refractivity contribution in [3.05, 3.63) is 64.2 Å². The van der Waals surface area contributed by atoms with Crippen LogP contribution in [0.1, 0.15) is 27.8 Å². The van der Waals surface area contributed by atoms with Crippen LogP contribution in [0.3, 0.4) is 0 Å². The van der Waals surface area contributed by atoms with E-state index in [-0.39, 0.29) is 0 Å². The molecule has 2 rings (SSSR count). The van der Waals surface area contributed by atoms with E-state index in [9.17, 15) is 0 Å². The Kier molecular flexibility index (Phi) is 4.99. The van der Waals surface area contributed by atoms with E-state index in [1.165, 1.54) is 34.2 Å². The first-order chi connectivity index (χ1) is 10.1. The fourth-order valence-corrected chi connectivity index (χ4v) is 2.54. The maximum atomic E-state index is 7.10. The summed E-state index contributed by atoms with van der Waals surface area (Å²) in [5.41, 5.74) is 6.36. The maximum absolute atomic E-state index is 7.10. The second-order valence-electron chi connectivity index (χ2n) is 5.26. The van der Waals surface area contributed by atoms with Crippen LogP contribution in [-0.4, -0.2) is 13.4 Å². The number of methoxy groups -OCH3 is 1. The fourth-order valence-electron chi connectivity index (χ4n) is 2.54. The van der Waals surface area contributed by atoms with Gasteiger partial charge in [-0.05, 0) is 54.7 Å². The van der Waals surface area contributed by atoms with Crippen LogP contribution in [0.15, 0.2) is 36.4 Å². The second-order valence-corrected chi connectivity index (χ2v) is 5.26. The van der Waals surface area contributed by atoms with Crippen molar-refractivity contribution in [1.29, 1.82) is 5.41 Å². The van der Waals surface area contributed by atoms with Gasteiger partial charge in [-0.2, -0.15) is 0 Å². The van der Waals surface area contributed by atoms with Gasteiger partial charge in [-0.25, -0.2) is 0 Å². The van der Waals surface area contributed by atoms with Crippen molar-refractivity contribution >= 4 is 6.34 Å². The van der Waals surface area contributed by atoms with Crippen LogP contribution in [0.4, 0.5) is 0 Å². The molecule has 0 aliphatic rings. The van der Waals surface area contributed by atoms with Gasteiger partial charge in [0, 0.05) is 6.54 Å². The first kappa shape index (κ1) is 15.1. The summed E-state index contributed by atoms with van der Waals surface area (Å²) < 4.78 is 5.29. The van der Waals surface area contributed by atoms with Gasteiger partial charge < -0.3 is 10.1 Å². The zero-order valence-corrected chi connectivity index (χ0v) is 12.9. The molecular weight excluding hydrogens is 260 g/mol. The molecule has 2 N–H and O–H groups in total. The molecule has 0 radical (unpaired) electrons. The number of nitrogens with one attached hydrogen (secondary N) is 2. The standard InChI is InChI=1S/C18H22N2O/c1-13-7-16(14(2)17(8-13)11-20-12-19)9-15-5-4-6-18(10-15)21-3/h4-8,10,12H,9,11H2,1-3H3,(H2,19,20). The quantitative estimate of drug-likeness (QED) is 0.628. The van der Waals surface area contributed by atoms with Gasteiger partial charge in [0.05, 0.1) is 13.4 Å². The lowest BCUT2D eigenvalue weighted by atomic mass is 9.94. The smallest absolute Gasteiger partial charge is 0.119 e. The Balaban J connectivity index is 2.30. The number of benzene rings is 2. The Hall–Kier alpha value is -2.29. The Morgan fingerprint density at radius 2 is 1.90 bits per heavy atom. The molecule has 0 atom stereocenters.